The smallest absolute Gasteiger partial charge is 0.184 e. The van der Waals surface area contributed by atoms with E-state index in [0.717, 1.165) is 0 Å². The molecule has 0 bridgehead atoms. The molecule has 0 amide bonds. The van der Waals surface area contributed by atoms with Gasteiger partial charge in [-0.3, -0.25) is 25.1 Å². The predicted molar refractivity (Wildman–Crippen MR) is 54.7 cm³/mol. The monoisotopic (exact) mass is 219 g/mol. The van der Waals surface area contributed by atoms with E-state index >= 15 is 0 Å². The van der Waals surface area contributed by atoms with Crippen LogP contribution in [-0.4, -0.2) is 22.6 Å². The molecule has 0 radical (unpaired) electrons. The number of nitrogens with one attached hydrogen (secondary N) is 1. The summed E-state index contributed by atoms with van der Waals surface area (Å²) in [4.78, 5) is 34.8. The molecule has 0 spiro atoms. The Morgan fingerprint density at radius 3 is 2.56 bits per heavy atom. The molecular weight excluding hydrogens is 210 g/mol. The first-order chi connectivity index (χ1) is 7.57. The van der Waals surface area contributed by atoms with Gasteiger partial charge in [-0.2, -0.15) is 0 Å². The second-order valence-corrected chi connectivity index (χ2v) is 3.61. The van der Waals surface area contributed by atoms with Gasteiger partial charge in [0.1, 0.15) is 11.7 Å². The molecule has 2 rings (SSSR count). The van der Waals surface area contributed by atoms with Gasteiger partial charge in [-0.15, -0.1) is 0 Å². The summed E-state index contributed by atoms with van der Waals surface area (Å²) in [6.45, 7) is 1.21. The fourth-order valence-electron chi connectivity index (χ4n) is 1.90. The highest BCUT2D eigenvalue weighted by Crippen LogP contribution is 2.32. The van der Waals surface area contributed by atoms with Crippen LogP contribution < -0.4 is 5.48 Å². The Morgan fingerprint density at radius 2 is 2.00 bits per heavy atom. The van der Waals surface area contributed by atoms with Crippen LogP contribution in [0.5, 0.6) is 0 Å². The highest BCUT2D eigenvalue weighted by atomic mass is 16.5. The van der Waals surface area contributed by atoms with Crippen molar-refractivity contribution >= 4 is 23.0 Å². The number of anilines is 1. The van der Waals surface area contributed by atoms with Gasteiger partial charge in [0.2, 0.25) is 0 Å². The summed E-state index contributed by atoms with van der Waals surface area (Å²) >= 11 is 0. The Bertz CT molecular complexity index is 507. The van der Waals surface area contributed by atoms with Crippen molar-refractivity contribution in [3.8, 4) is 0 Å². The molecule has 1 aliphatic carbocycles. The van der Waals surface area contributed by atoms with Crippen molar-refractivity contribution in [3.63, 3.8) is 0 Å². The maximum atomic E-state index is 11.8. The normalized spacial score (nSPS) is 18.5. The van der Waals surface area contributed by atoms with Crippen molar-refractivity contribution in [2.75, 3.05) is 5.48 Å². The molecule has 0 aliphatic heterocycles. The molecule has 5 nitrogen and oxygen atoms in total. The summed E-state index contributed by atoms with van der Waals surface area (Å²) in [6.07, 6.45) is 0. The third kappa shape index (κ3) is 1.25. The van der Waals surface area contributed by atoms with E-state index in [2.05, 4.69) is 0 Å². The van der Waals surface area contributed by atoms with Crippen LogP contribution in [0.4, 0.5) is 5.69 Å². The van der Waals surface area contributed by atoms with Crippen molar-refractivity contribution in [2.45, 2.75) is 6.92 Å². The van der Waals surface area contributed by atoms with E-state index in [0.29, 0.717) is 0 Å². The van der Waals surface area contributed by atoms with Gasteiger partial charge >= 0.3 is 0 Å². The zero-order valence-electron chi connectivity index (χ0n) is 8.48. The minimum atomic E-state index is -1.25. The molecule has 16 heavy (non-hydrogen) atoms. The average molecular weight is 219 g/mol. The lowest BCUT2D eigenvalue weighted by atomic mass is 10.00. The number of Topliss-reactive ketones (excluding diaryl/α,β-unsaturated/α-hetero) is 3. The molecule has 1 aliphatic rings. The maximum absolute atomic E-state index is 11.8. The summed E-state index contributed by atoms with van der Waals surface area (Å²) in [7, 11) is 0. The summed E-state index contributed by atoms with van der Waals surface area (Å²) in [5.41, 5.74) is 2.28. The Kier molecular flexibility index (Phi) is 2.32. The lowest BCUT2D eigenvalue weighted by molar-refractivity contribution is -0.118. The van der Waals surface area contributed by atoms with E-state index in [1.54, 1.807) is 0 Å². The van der Waals surface area contributed by atoms with Gasteiger partial charge in [-0.25, -0.2) is 0 Å². The zero-order chi connectivity index (χ0) is 11.9. The third-order valence-corrected chi connectivity index (χ3v) is 2.63. The molecule has 0 fully saturated rings. The van der Waals surface area contributed by atoms with Gasteiger partial charge in [-0.1, -0.05) is 12.1 Å². The van der Waals surface area contributed by atoms with Crippen molar-refractivity contribution in [3.05, 3.63) is 29.3 Å². The largest absolute Gasteiger partial charge is 0.299 e. The van der Waals surface area contributed by atoms with E-state index in [1.165, 1.54) is 25.1 Å². The van der Waals surface area contributed by atoms with Crippen LogP contribution in [-0.2, 0) is 4.79 Å². The Morgan fingerprint density at radius 1 is 1.31 bits per heavy atom. The summed E-state index contributed by atoms with van der Waals surface area (Å²) in [6, 6.07) is 4.47. The van der Waals surface area contributed by atoms with Crippen LogP contribution in [0, 0.1) is 5.92 Å². The average Bonchev–Trinajstić information content (AvgIpc) is 2.51. The number of fused-ring (bicyclic) bond motifs is 1. The van der Waals surface area contributed by atoms with Crippen LogP contribution in [0.2, 0.25) is 0 Å². The molecule has 1 aromatic rings. The molecule has 82 valence electrons. The molecule has 0 aromatic heterocycles. The van der Waals surface area contributed by atoms with Crippen molar-refractivity contribution in [2.24, 2.45) is 5.92 Å². The van der Waals surface area contributed by atoms with Crippen LogP contribution in [0.25, 0.3) is 0 Å². The minimum Gasteiger partial charge on any atom is -0.299 e. The molecular formula is C11H9NO4. The number of hydrogen-bond donors (Lipinski definition) is 2. The van der Waals surface area contributed by atoms with E-state index in [9.17, 15) is 14.4 Å². The Labute approximate surface area is 91.0 Å². The summed E-state index contributed by atoms with van der Waals surface area (Å²) < 4.78 is 0. The zero-order valence-corrected chi connectivity index (χ0v) is 8.48. The van der Waals surface area contributed by atoms with E-state index in [-0.39, 0.29) is 16.8 Å². The van der Waals surface area contributed by atoms with Crippen LogP contribution >= 0.6 is 0 Å². The van der Waals surface area contributed by atoms with Gasteiger partial charge in [0.05, 0.1) is 11.3 Å². The van der Waals surface area contributed by atoms with Gasteiger partial charge in [-0.05, 0) is 13.0 Å². The molecule has 1 atom stereocenters. The van der Waals surface area contributed by atoms with Gasteiger partial charge in [0.25, 0.3) is 0 Å². The summed E-state index contributed by atoms with van der Waals surface area (Å²) in [5, 5.41) is 8.83. The number of benzene rings is 1. The molecule has 1 unspecified atom stereocenters. The fraction of sp³-hybridized carbons (Fsp3) is 0.182. The SMILES string of the molecule is CC(=O)C1C(=O)c2cccc(NO)c2C1=O. The van der Waals surface area contributed by atoms with Crippen molar-refractivity contribution in [1.82, 2.24) is 0 Å². The summed E-state index contributed by atoms with van der Waals surface area (Å²) in [5.74, 6) is -2.77. The number of carbonyl (C=O) groups is 3. The molecule has 0 heterocycles. The number of carbonyl (C=O) groups excluding carboxylic acids is 3. The molecule has 5 heteroatoms. The van der Waals surface area contributed by atoms with Crippen LogP contribution in [0.1, 0.15) is 27.6 Å². The first-order valence-corrected chi connectivity index (χ1v) is 4.70. The molecule has 1 aromatic carbocycles. The van der Waals surface area contributed by atoms with Gasteiger partial charge < -0.3 is 0 Å². The van der Waals surface area contributed by atoms with E-state index in [4.69, 9.17) is 5.21 Å². The third-order valence-electron chi connectivity index (χ3n) is 2.63. The highest BCUT2D eigenvalue weighted by molar-refractivity contribution is 6.36. The quantitative estimate of drug-likeness (QED) is 0.574. The standard InChI is InChI=1S/C11H9NO4/c1-5(13)8-10(14)6-3-2-4-7(12-16)9(6)11(8)15/h2-4,8,12,16H,1H3. The molecule has 0 saturated carbocycles. The van der Waals surface area contributed by atoms with E-state index < -0.39 is 23.3 Å². The van der Waals surface area contributed by atoms with Crippen LogP contribution in [0.15, 0.2) is 18.2 Å². The topological polar surface area (TPSA) is 83.5 Å². The lowest BCUT2D eigenvalue weighted by Gasteiger charge is -2.03. The second-order valence-electron chi connectivity index (χ2n) is 3.61. The van der Waals surface area contributed by atoms with Crippen molar-refractivity contribution in [1.29, 1.82) is 0 Å². The fourth-order valence-corrected chi connectivity index (χ4v) is 1.90. The van der Waals surface area contributed by atoms with Gasteiger partial charge in [0, 0.05) is 5.56 Å². The number of ketones is 3. The van der Waals surface area contributed by atoms with Crippen LogP contribution in [0.3, 0.4) is 0 Å². The van der Waals surface area contributed by atoms with Gasteiger partial charge in [0.15, 0.2) is 11.6 Å². The maximum Gasteiger partial charge on any atom is 0.184 e. The minimum absolute atomic E-state index is 0.0928. The Balaban J connectivity index is 2.64. The van der Waals surface area contributed by atoms with E-state index in [1.807, 2.05) is 5.48 Å². The highest BCUT2D eigenvalue weighted by Gasteiger charge is 2.42. The first kappa shape index (κ1) is 10.5. The number of hydrogen-bond acceptors (Lipinski definition) is 5. The van der Waals surface area contributed by atoms with Crippen molar-refractivity contribution < 1.29 is 19.6 Å². The predicted octanol–water partition coefficient (Wildman–Crippen LogP) is 1.07. The first-order valence-electron chi connectivity index (χ1n) is 4.70. The molecule has 0 saturated heterocycles. The second kappa shape index (κ2) is 3.53. The Hall–Kier alpha value is -2.01. The number of rotatable bonds is 2. The lowest BCUT2D eigenvalue weighted by Crippen LogP contribution is -2.23. The molecule has 2 N–H and O–H groups in total.